The van der Waals surface area contributed by atoms with Gasteiger partial charge in [-0.15, -0.1) is 0 Å². The fourth-order valence-electron chi connectivity index (χ4n) is 3.27. The summed E-state index contributed by atoms with van der Waals surface area (Å²) in [4.78, 5) is 67.3. The Balaban J connectivity index is 0. The van der Waals surface area contributed by atoms with Gasteiger partial charge in [-0.25, -0.2) is 24.0 Å². The molecule has 0 aromatic rings. The van der Waals surface area contributed by atoms with Gasteiger partial charge in [0.1, 0.15) is 26.4 Å². The highest BCUT2D eigenvalue weighted by Crippen LogP contribution is 2.24. The van der Waals surface area contributed by atoms with Crippen LogP contribution in [0.5, 0.6) is 0 Å². The second-order valence-corrected chi connectivity index (χ2v) is 12.4. The van der Waals surface area contributed by atoms with E-state index in [2.05, 4.69) is 32.9 Å². The van der Waals surface area contributed by atoms with Crippen molar-refractivity contribution >= 4 is 35.8 Å². The SMILES string of the molecule is C=CC(=O)OCC(C)(C)COC(=O)C(C)(C)COC(=O)C=C.C=CC(=O)OCCOCC(CC)(COCCOC(=O)C=C)COCCOC(=O)C=C. The van der Waals surface area contributed by atoms with E-state index in [0.29, 0.717) is 6.42 Å². The average molecular weight is 741 g/mol. The predicted molar refractivity (Wildman–Crippen MR) is 189 cm³/mol. The third-order valence-corrected chi connectivity index (χ3v) is 6.55. The minimum absolute atomic E-state index is 0.0646. The zero-order chi connectivity index (χ0) is 40.1. The molecular weight excluding hydrogens is 684 g/mol. The molecule has 15 heteroatoms. The van der Waals surface area contributed by atoms with Gasteiger partial charge in [-0.2, -0.15) is 0 Å². The van der Waals surface area contributed by atoms with E-state index in [-0.39, 0.29) is 79.3 Å². The third kappa shape index (κ3) is 25.4. The smallest absolute Gasteiger partial charge is 0.330 e. The van der Waals surface area contributed by atoms with Crippen molar-refractivity contribution in [3.63, 3.8) is 0 Å². The van der Waals surface area contributed by atoms with Crippen LogP contribution < -0.4 is 0 Å². The summed E-state index contributed by atoms with van der Waals surface area (Å²) in [6, 6.07) is 0. The van der Waals surface area contributed by atoms with E-state index in [1.54, 1.807) is 27.7 Å². The van der Waals surface area contributed by atoms with Crippen LogP contribution in [-0.2, 0) is 71.4 Å². The largest absolute Gasteiger partial charge is 0.464 e. The lowest BCUT2D eigenvalue weighted by atomic mass is 9.88. The number of carbonyl (C=O) groups excluding carboxylic acids is 6. The number of rotatable bonds is 28. The van der Waals surface area contributed by atoms with Crippen molar-refractivity contribution in [2.45, 2.75) is 41.0 Å². The summed E-state index contributed by atoms with van der Waals surface area (Å²) < 4.78 is 46.6. The maximum absolute atomic E-state index is 12.0. The molecule has 0 bridgehead atoms. The lowest BCUT2D eigenvalue weighted by Gasteiger charge is -2.32. The first-order valence-electron chi connectivity index (χ1n) is 16.3. The molecule has 0 spiro atoms. The van der Waals surface area contributed by atoms with Gasteiger partial charge in [0, 0.05) is 41.2 Å². The van der Waals surface area contributed by atoms with Crippen LogP contribution in [0.4, 0.5) is 0 Å². The molecule has 52 heavy (non-hydrogen) atoms. The molecular formula is C37H56O15. The van der Waals surface area contributed by atoms with E-state index < -0.39 is 52.1 Å². The van der Waals surface area contributed by atoms with E-state index in [1.165, 1.54) is 0 Å². The van der Waals surface area contributed by atoms with E-state index in [1.807, 2.05) is 6.92 Å². The quantitative estimate of drug-likeness (QED) is 0.0489. The van der Waals surface area contributed by atoms with E-state index in [0.717, 1.165) is 30.4 Å². The molecule has 0 saturated heterocycles. The number of hydrogen-bond donors (Lipinski definition) is 0. The Hall–Kier alpha value is -4.60. The van der Waals surface area contributed by atoms with E-state index in [4.69, 9.17) is 42.6 Å². The van der Waals surface area contributed by atoms with Gasteiger partial charge in [-0.1, -0.05) is 53.7 Å². The van der Waals surface area contributed by atoms with Gasteiger partial charge in [0.25, 0.3) is 0 Å². The fourth-order valence-corrected chi connectivity index (χ4v) is 3.27. The molecule has 294 valence electrons. The number of hydrogen-bond acceptors (Lipinski definition) is 15. The molecule has 0 aromatic heterocycles. The van der Waals surface area contributed by atoms with Crippen molar-refractivity contribution in [2.75, 3.05) is 79.3 Å². The number of carbonyl (C=O) groups is 6. The van der Waals surface area contributed by atoms with Crippen LogP contribution in [0.15, 0.2) is 63.3 Å². The molecule has 0 aliphatic carbocycles. The number of esters is 6. The molecule has 0 saturated carbocycles. The highest BCUT2D eigenvalue weighted by Gasteiger charge is 2.33. The van der Waals surface area contributed by atoms with Crippen LogP contribution in [0.3, 0.4) is 0 Å². The standard InChI is InChI=1S/C21H32O9.C16H24O6/c1-5-18(22)28-12-9-25-15-21(8-4,16-26-10-13-29-19(23)6-2)17-27-11-14-30-20(24)7-3;1-7-12(17)20-9-15(3,4)10-22-14(19)16(5,6)11-21-13(18)8-2/h5-7H,1-3,8-17H2,4H3;7-8H,1-2,9-11H2,3-6H3. The van der Waals surface area contributed by atoms with Gasteiger partial charge in [0.05, 0.1) is 58.3 Å². The van der Waals surface area contributed by atoms with Crippen LogP contribution in [-0.4, -0.2) is 115 Å². The average Bonchev–Trinajstić information content (AvgIpc) is 3.13. The van der Waals surface area contributed by atoms with Gasteiger partial charge in [0.15, 0.2) is 0 Å². The zero-order valence-corrected chi connectivity index (χ0v) is 31.2. The molecule has 0 aromatic carbocycles. The molecule has 0 heterocycles. The van der Waals surface area contributed by atoms with E-state index in [9.17, 15) is 28.8 Å². The molecule has 0 aliphatic heterocycles. The summed E-state index contributed by atoms with van der Waals surface area (Å²) in [6.07, 6.45) is 6.00. The molecule has 0 aliphatic rings. The van der Waals surface area contributed by atoms with Gasteiger partial charge in [0.2, 0.25) is 0 Å². The van der Waals surface area contributed by atoms with Crippen LogP contribution in [0, 0.1) is 16.2 Å². The Kier molecular flexibility index (Phi) is 26.7. The van der Waals surface area contributed by atoms with Crippen molar-refractivity contribution in [3.8, 4) is 0 Å². The molecule has 0 N–H and O–H groups in total. The van der Waals surface area contributed by atoms with Crippen molar-refractivity contribution < 1.29 is 71.4 Å². The van der Waals surface area contributed by atoms with Gasteiger partial charge in [-0.05, 0) is 20.3 Å². The normalized spacial score (nSPS) is 10.9. The lowest BCUT2D eigenvalue weighted by molar-refractivity contribution is -0.164. The molecule has 0 fully saturated rings. The summed E-state index contributed by atoms with van der Waals surface area (Å²) in [7, 11) is 0. The summed E-state index contributed by atoms with van der Waals surface area (Å²) in [5.41, 5.74) is -2.01. The first kappa shape index (κ1) is 49.5. The lowest BCUT2D eigenvalue weighted by Crippen LogP contribution is -2.38. The van der Waals surface area contributed by atoms with Gasteiger partial charge >= 0.3 is 35.8 Å². The number of ether oxygens (including phenoxy) is 9. The van der Waals surface area contributed by atoms with Crippen LogP contribution >= 0.6 is 0 Å². The van der Waals surface area contributed by atoms with Crippen LogP contribution in [0.2, 0.25) is 0 Å². The molecule has 0 atom stereocenters. The molecule has 0 radical (unpaired) electrons. The second-order valence-electron chi connectivity index (χ2n) is 12.4. The zero-order valence-electron chi connectivity index (χ0n) is 31.2. The molecule has 0 amide bonds. The highest BCUT2D eigenvalue weighted by molar-refractivity contribution is 5.83. The summed E-state index contributed by atoms with van der Waals surface area (Å²) in [5, 5.41) is 0. The molecule has 0 rings (SSSR count). The third-order valence-electron chi connectivity index (χ3n) is 6.55. The van der Waals surface area contributed by atoms with Crippen molar-refractivity contribution in [3.05, 3.63) is 63.3 Å². The summed E-state index contributed by atoms with van der Waals surface area (Å²) >= 11 is 0. The fraction of sp³-hybridized carbons (Fsp3) is 0.568. The summed E-state index contributed by atoms with van der Waals surface area (Å²) in [6.45, 7) is 27.1. The van der Waals surface area contributed by atoms with E-state index >= 15 is 0 Å². The first-order chi connectivity index (χ1) is 24.5. The van der Waals surface area contributed by atoms with Crippen molar-refractivity contribution in [2.24, 2.45) is 16.2 Å². The minimum Gasteiger partial charge on any atom is -0.464 e. The summed E-state index contributed by atoms with van der Waals surface area (Å²) in [5.74, 6) is -3.19. The Morgan fingerprint density at radius 3 is 1.08 bits per heavy atom. The Bertz CT molecular complexity index is 1110. The van der Waals surface area contributed by atoms with Gasteiger partial charge in [-0.3, -0.25) is 4.79 Å². The van der Waals surface area contributed by atoms with Crippen molar-refractivity contribution in [1.29, 1.82) is 0 Å². The second kappa shape index (κ2) is 28.0. The maximum Gasteiger partial charge on any atom is 0.330 e. The minimum atomic E-state index is -0.980. The highest BCUT2D eigenvalue weighted by atomic mass is 16.6. The van der Waals surface area contributed by atoms with Crippen LogP contribution in [0.25, 0.3) is 0 Å². The Morgan fingerprint density at radius 2 is 0.750 bits per heavy atom. The first-order valence-corrected chi connectivity index (χ1v) is 16.3. The van der Waals surface area contributed by atoms with Crippen LogP contribution in [0.1, 0.15) is 41.0 Å². The topological polar surface area (TPSA) is 185 Å². The molecule has 0 unspecified atom stereocenters. The Labute approximate surface area is 306 Å². The molecule has 15 nitrogen and oxygen atoms in total. The van der Waals surface area contributed by atoms with Gasteiger partial charge < -0.3 is 42.6 Å². The van der Waals surface area contributed by atoms with Crippen molar-refractivity contribution in [1.82, 2.24) is 0 Å². The maximum atomic E-state index is 12.0. The monoisotopic (exact) mass is 740 g/mol. The Morgan fingerprint density at radius 1 is 0.442 bits per heavy atom. The predicted octanol–water partition coefficient (Wildman–Crippen LogP) is 3.66.